The molecule has 1 fully saturated rings. The van der Waals surface area contributed by atoms with E-state index in [-0.39, 0.29) is 0 Å². The molecule has 0 radical (unpaired) electrons. The number of aromatic nitrogens is 1. The van der Waals surface area contributed by atoms with Gasteiger partial charge in [-0.05, 0) is 49.1 Å². The Morgan fingerprint density at radius 2 is 1.77 bits per heavy atom. The Hall–Kier alpha value is -1.71. The predicted octanol–water partition coefficient (Wildman–Crippen LogP) is 3.76. The van der Waals surface area contributed by atoms with E-state index in [1.54, 1.807) is 0 Å². The van der Waals surface area contributed by atoms with E-state index in [0.29, 0.717) is 6.04 Å². The quantitative estimate of drug-likeness (QED) is 0.862. The van der Waals surface area contributed by atoms with Gasteiger partial charge < -0.3 is 4.74 Å². The Morgan fingerprint density at radius 1 is 1.09 bits per heavy atom. The van der Waals surface area contributed by atoms with E-state index in [0.717, 1.165) is 32.0 Å². The minimum absolute atomic E-state index is 0.443. The van der Waals surface area contributed by atoms with Crippen LogP contribution in [0.5, 0.6) is 0 Å². The van der Waals surface area contributed by atoms with E-state index in [2.05, 4.69) is 54.1 Å². The van der Waals surface area contributed by atoms with E-state index < -0.39 is 0 Å². The number of ether oxygens (including phenoxy) is 1. The second-order valence-corrected chi connectivity index (χ2v) is 6.09. The second kappa shape index (κ2) is 6.59. The van der Waals surface area contributed by atoms with Crippen LogP contribution in [0.2, 0.25) is 0 Å². The molecule has 116 valence electrons. The van der Waals surface area contributed by atoms with Crippen molar-refractivity contribution in [1.29, 1.82) is 0 Å². The lowest BCUT2D eigenvalue weighted by atomic mass is 9.98. The van der Waals surface area contributed by atoms with E-state index in [9.17, 15) is 0 Å². The van der Waals surface area contributed by atoms with Gasteiger partial charge in [0.05, 0.1) is 13.2 Å². The summed E-state index contributed by atoms with van der Waals surface area (Å²) in [5.41, 5.74) is 6.19. The number of nitrogens with zero attached hydrogens (tertiary/aromatic N) is 2. The van der Waals surface area contributed by atoms with E-state index >= 15 is 0 Å². The molecule has 1 aliphatic heterocycles. The third-order valence-electron chi connectivity index (χ3n) is 4.54. The van der Waals surface area contributed by atoms with Crippen LogP contribution in [0.3, 0.4) is 0 Å². The Labute approximate surface area is 132 Å². The van der Waals surface area contributed by atoms with Crippen LogP contribution >= 0.6 is 0 Å². The van der Waals surface area contributed by atoms with Crippen molar-refractivity contribution in [2.75, 3.05) is 26.3 Å². The second-order valence-electron chi connectivity index (χ2n) is 6.09. The van der Waals surface area contributed by atoms with E-state index in [1.165, 1.54) is 22.3 Å². The van der Waals surface area contributed by atoms with Crippen molar-refractivity contribution in [3.63, 3.8) is 0 Å². The molecule has 1 saturated heterocycles. The van der Waals surface area contributed by atoms with Crippen molar-refractivity contribution in [2.24, 2.45) is 0 Å². The zero-order chi connectivity index (χ0) is 15.5. The molecule has 2 heterocycles. The number of morpholine rings is 1. The molecule has 2 aromatic rings. The average molecular weight is 296 g/mol. The average Bonchev–Trinajstić information content (AvgIpc) is 2.57. The van der Waals surface area contributed by atoms with Crippen molar-refractivity contribution in [2.45, 2.75) is 26.8 Å². The van der Waals surface area contributed by atoms with E-state index in [1.807, 2.05) is 13.1 Å². The van der Waals surface area contributed by atoms with Crippen LogP contribution in [-0.2, 0) is 4.74 Å². The molecule has 3 nitrogen and oxygen atoms in total. The minimum atomic E-state index is 0.443. The Balaban J connectivity index is 1.81. The van der Waals surface area contributed by atoms with Gasteiger partial charge in [0.2, 0.25) is 0 Å². The molecule has 1 atom stereocenters. The zero-order valence-electron chi connectivity index (χ0n) is 13.7. The molecule has 0 N–H and O–H groups in total. The molecular formula is C19H24N2O. The maximum absolute atomic E-state index is 5.44. The van der Waals surface area contributed by atoms with Crippen molar-refractivity contribution < 1.29 is 4.74 Å². The van der Waals surface area contributed by atoms with Gasteiger partial charge in [0.1, 0.15) is 0 Å². The summed E-state index contributed by atoms with van der Waals surface area (Å²) < 4.78 is 5.44. The molecule has 0 spiro atoms. The summed E-state index contributed by atoms with van der Waals surface area (Å²) in [6.45, 7) is 10.2. The van der Waals surface area contributed by atoms with Crippen molar-refractivity contribution >= 4 is 0 Å². The molecule has 3 rings (SSSR count). The molecular weight excluding hydrogens is 272 g/mol. The number of rotatable bonds is 3. The van der Waals surface area contributed by atoms with Gasteiger partial charge in [0, 0.05) is 31.0 Å². The fourth-order valence-electron chi connectivity index (χ4n) is 3.06. The highest BCUT2D eigenvalue weighted by Crippen LogP contribution is 2.27. The lowest BCUT2D eigenvalue weighted by Crippen LogP contribution is -2.37. The van der Waals surface area contributed by atoms with Crippen LogP contribution < -0.4 is 0 Å². The van der Waals surface area contributed by atoms with Crippen LogP contribution in [0.4, 0.5) is 0 Å². The van der Waals surface area contributed by atoms with Crippen LogP contribution in [0.25, 0.3) is 11.1 Å². The highest BCUT2D eigenvalue weighted by molar-refractivity contribution is 5.67. The first-order valence-electron chi connectivity index (χ1n) is 8.00. The van der Waals surface area contributed by atoms with Gasteiger partial charge >= 0.3 is 0 Å². The van der Waals surface area contributed by atoms with Crippen molar-refractivity contribution in [1.82, 2.24) is 9.88 Å². The summed E-state index contributed by atoms with van der Waals surface area (Å²) in [5.74, 6) is 0. The first-order valence-corrected chi connectivity index (χ1v) is 8.00. The van der Waals surface area contributed by atoms with Crippen molar-refractivity contribution in [3.05, 3.63) is 53.3 Å². The number of aryl methyl sites for hydroxylation is 2. The summed E-state index contributed by atoms with van der Waals surface area (Å²) >= 11 is 0. The zero-order valence-corrected chi connectivity index (χ0v) is 13.7. The smallest absolute Gasteiger partial charge is 0.0594 e. The molecule has 0 saturated carbocycles. The topological polar surface area (TPSA) is 25.4 Å². The van der Waals surface area contributed by atoms with Gasteiger partial charge in [-0.2, -0.15) is 0 Å². The van der Waals surface area contributed by atoms with Gasteiger partial charge in [-0.1, -0.05) is 24.3 Å². The number of benzene rings is 1. The largest absolute Gasteiger partial charge is 0.379 e. The van der Waals surface area contributed by atoms with Crippen LogP contribution in [0.1, 0.15) is 29.8 Å². The minimum Gasteiger partial charge on any atom is -0.379 e. The Morgan fingerprint density at radius 3 is 2.45 bits per heavy atom. The standard InChI is InChI=1S/C19H24N2O/c1-14-13-20-15(2)12-19(14)18-6-4-17(5-7-18)16(3)21-8-10-22-11-9-21/h4-7,12-13,16H,8-11H2,1-3H3. The molecule has 1 aromatic heterocycles. The first kappa shape index (κ1) is 15.2. The van der Waals surface area contributed by atoms with Gasteiger partial charge in [0.25, 0.3) is 0 Å². The normalized spacial score (nSPS) is 17.4. The predicted molar refractivity (Wildman–Crippen MR) is 90.0 cm³/mol. The summed E-state index contributed by atoms with van der Waals surface area (Å²) in [4.78, 5) is 6.84. The van der Waals surface area contributed by atoms with E-state index in [4.69, 9.17) is 4.74 Å². The van der Waals surface area contributed by atoms with Crippen molar-refractivity contribution in [3.8, 4) is 11.1 Å². The lowest BCUT2D eigenvalue weighted by Gasteiger charge is -2.32. The fourth-order valence-corrected chi connectivity index (χ4v) is 3.06. The third-order valence-corrected chi connectivity index (χ3v) is 4.54. The monoisotopic (exact) mass is 296 g/mol. The van der Waals surface area contributed by atoms with Crippen LogP contribution in [-0.4, -0.2) is 36.2 Å². The molecule has 3 heteroatoms. The van der Waals surface area contributed by atoms with Crippen LogP contribution in [0, 0.1) is 13.8 Å². The van der Waals surface area contributed by atoms with Gasteiger partial charge in [-0.15, -0.1) is 0 Å². The number of hydrogen-bond donors (Lipinski definition) is 0. The molecule has 1 unspecified atom stereocenters. The number of hydrogen-bond acceptors (Lipinski definition) is 3. The number of pyridine rings is 1. The molecule has 0 bridgehead atoms. The maximum atomic E-state index is 5.44. The lowest BCUT2D eigenvalue weighted by molar-refractivity contribution is 0.0198. The molecule has 1 aliphatic rings. The van der Waals surface area contributed by atoms with Crippen LogP contribution in [0.15, 0.2) is 36.5 Å². The first-order chi connectivity index (χ1) is 10.6. The van der Waals surface area contributed by atoms with Gasteiger partial charge in [-0.25, -0.2) is 0 Å². The molecule has 0 aliphatic carbocycles. The molecule has 1 aromatic carbocycles. The summed E-state index contributed by atoms with van der Waals surface area (Å²) in [6, 6.07) is 11.6. The molecule has 0 amide bonds. The summed E-state index contributed by atoms with van der Waals surface area (Å²) in [5, 5.41) is 0. The Kier molecular flexibility index (Phi) is 4.55. The third kappa shape index (κ3) is 3.21. The summed E-state index contributed by atoms with van der Waals surface area (Å²) in [7, 11) is 0. The highest BCUT2D eigenvalue weighted by atomic mass is 16.5. The Bertz CT molecular complexity index is 630. The highest BCUT2D eigenvalue weighted by Gasteiger charge is 2.18. The fraction of sp³-hybridized carbons (Fsp3) is 0.421. The van der Waals surface area contributed by atoms with Gasteiger partial charge in [-0.3, -0.25) is 9.88 Å². The van der Waals surface area contributed by atoms with Gasteiger partial charge in [0.15, 0.2) is 0 Å². The SMILES string of the molecule is Cc1cc(-c2ccc(C(C)N3CCOCC3)cc2)c(C)cn1. The maximum Gasteiger partial charge on any atom is 0.0594 e. The summed E-state index contributed by atoms with van der Waals surface area (Å²) in [6.07, 6.45) is 1.95. The molecule has 22 heavy (non-hydrogen) atoms.